The van der Waals surface area contributed by atoms with Gasteiger partial charge in [0.05, 0.1) is 11.2 Å². The Morgan fingerprint density at radius 2 is 2.14 bits per heavy atom. The Morgan fingerprint density at radius 3 is 2.57 bits per heavy atom. The number of nitrogens with zero attached hydrogens (tertiary/aromatic N) is 1. The summed E-state index contributed by atoms with van der Waals surface area (Å²) in [5.41, 5.74) is -0.244. The van der Waals surface area contributed by atoms with Crippen LogP contribution < -0.4 is 0 Å². The molecule has 3 heteroatoms. The van der Waals surface area contributed by atoms with E-state index in [1.165, 1.54) is 12.1 Å². The molecule has 0 bridgehead atoms. The molecule has 1 aliphatic carbocycles. The molecule has 72 valence electrons. The van der Waals surface area contributed by atoms with Gasteiger partial charge in [0.15, 0.2) is 0 Å². The summed E-state index contributed by atoms with van der Waals surface area (Å²) in [5.74, 6) is -0.551. The van der Waals surface area contributed by atoms with Gasteiger partial charge in [-0.1, -0.05) is 6.07 Å². The lowest BCUT2D eigenvalue weighted by Crippen LogP contribution is -2.33. The van der Waals surface area contributed by atoms with E-state index in [-0.39, 0.29) is 5.56 Å². The Labute approximate surface area is 81.6 Å². The van der Waals surface area contributed by atoms with E-state index in [9.17, 15) is 9.50 Å². The van der Waals surface area contributed by atoms with Crippen molar-refractivity contribution in [3.05, 3.63) is 35.1 Å². The van der Waals surface area contributed by atoms with Crippen LogP contribution in [0, 0.1) is 17.1 Å². The molecule has 0 heterocycles. The molecule has 0 saturated heterocycles. The van der Waals surface area contributed by atoms with Crippen molar-refractivity contribution in [2.45, 2.75) is 24.9 Å². The fourth-order valence-corrected chi connectivity index (χ4v) is 1.70. The van der Waals surface area contributed by atoms with Crippen molar-refractivity contribution in [3.8, 4) is 6.07 Å². The lowest BCUT2D eigenvalue weighted by atomic mass is 9.75. The third-order valence-corrected chi connectivity index (χ3v) is 2.81. The molecule has 2 nitrogen and oxygen atoms in total. The second-order valence-electron chi connectivity index (χ2n) is 3.69. The monoisotopic (exact) mass is 191 g/mol. The standard InChI is InChI=1S/C11H10FNO/c12-10-6-9(3-2-8(10)7-13)11(14)4-1-5-11/h2-3,6,14H,1,4-5H2. The zero-order valence-electron chi connectivity index (χ0n) is 7.63. The average Bonchev–Trinajstić information content (AvgIpc) is 2.14. The first-order valence-corrected chi connectivity index (χ1v) is 4.58. The van der Waals surface area contributed by atoms with Crippen molar-refractivity contribution < 1.29 is 9.50 Å². The minimum atomic E-state index is -0.852. The van der Waals surface area contributed by atoms with Crippen LogP contribution in [0.15, 0.2) is 18.2 Å². The molecular formula is C11H10FNO. The number of hydrogen-bond donors (Lipinski definition) is 1. The molecule has 0 amide bonds. The van der Waals surface area contributed by atoms with E-state index in [1.807, 2.05) is 0 Å². The Bertz CT molecular complexity index is 404. The smallest absolute Gasteiger partial charge is 0.141 e. The van der Waals surface area contributed by atoms with E-state index in [0.717, 1.165) is 6.42 Å². The molecule has 1 fully saturated rings. The number of aliphatic hydroxyl groups is 1. The van der Waals surface area contributed by atoms with Crippen molar-refractivity contribution in [3.63, 3.8) is 0 Å². The van der Waals surface area contributed by atoms with Crippen LogP contribution >= 0.6 is 0 Å². The summed E-state index contributed by atoms with van der Waals surface area (Å²) in [5, 5.41) is 18.5. The van der Waals surface area contributed by atoms with Gasteiger partial charge in [-0.2, -0.15) is 5.26 Å². The first-order valence-electron chi connectivity index (χ1n) is 4.58. The van der Waals surface area contributed by atoms with Crippen LogP contribution in [0.1, 0.15) is 30.4 Å². The van der Waals surface area contributed by atoms with Gasteiger partial charge in [0.25, 0.3) is 0 Å². The predicted molar refractivity (Wildman–Crippen MR) is 48.9 cm³/mol. The molecule has 0 aromatic heterocycles. The zero-order valence-corrected chi connectivity index (χ0v) is 7.63. The predicted octanol–water partition coefficient (Wildman–Crippen LogP) is 2.07. The van der Waals surface area contributed by atoms with Gasteiger partial charge < -0.3 is 5.11 Å². The molecule has 0 unspecified atom stereocenters. The van der Waals surface area contributed by atoms with Crippen LogP contribution in [0.5, 0.6) is 0 Å². The van der Waals surface area contributed by atoms with Gasteiger partial charge >= 0.3 is 0 Å². The quantitative estimate of drug-likeness (QED) is 0.738. The number of nitriles is 1. The minimum Gasteiger partial charge on any atom is -0.385 e. The summed E-state index contributed by atoms with van der Waals surface area (Å²) in [6, 6.07) is 6.06. The van der Waals surface area contributed by atoms with Crippen LogP contribution in [-0.4, -0.2) is 5.11 Å². The fraction of sp³-hybridized carbons (Fsp3) is 0.364. The van der Waals surface area contributed by atoms with Gasteiger partial charge in [-0.3, -0.25) is 0 Å². The number of halogens is 1. The first-order chi connectivity index (χ1) is 6.65. The highest BCUT2D eigenvalue weighted by Crippen LogP contribution is 2.41. The van der Waals surface area contributed by atoms with Crippen molar-refractivity contribution in [2.24, 2.45) is 0 Å². The summed E-state index contributed by atoms with van der Waals surface area (Å²) in [6.07, 6.45) is 2.33. The van der Waals surface area contributed by atoms with E-state index >= 15 is 0 Å². The van der Waals surface area contributed by atoms with Crippen LogP contribution in [0.25, 0.3) is 0 Å². The highest BCUT2D eigenvalue weighted by Gasteiger charge is 2.36. The first kappa shape index (κ1) is 9.17. The van der Waals surface area contributed by atoms with Gasteiger partial charge in [0.1, 0.15) is 11.9 Å². The van der Waals surface area contributed by atoms with Gasteiger partial charge in [0, 0.05) is 0 Å². The fourth-order valence-electron chi connectivity index (χ4n) is 1.70. The second kappa shape index (κ2) is 3.07. The number of hydrogen-bond acceptors (Lipinski definition) is 2. The second-order valence-corrected chi connectivity index (χ2v) is 3.69. The lowest BCUT2D eigenvalue weighted by Gasteiger charge is -2.37. The van der Waals surface area contributed by atoms with Crippen molar-refractivity contribution >= 4 is 0 Å². The molecule has 1 saturated carbocycles. The summed E-state index contributed by atoms with van der Waals surface area (Å²) < 4.78 is 13.2. The molecule has 0 spiro atoms. The molecule has 1 aromatic rings. The Balaban J connectivity index is 2.38. The maximum atomic E-state index is 13.2. The average molecular weight is 191 g/mol. The molecule has 14 heavy (non-hydrogen) atoms. The van der Waals surface area contributed by atoms with E-state index in [0.29, 0.717) is 18.4 Å². The minimum absolute atomic E-state index is 0.0247. The summed E-state index contributed by atoms with van der Waals surface area (Å²) in [7, 11) is 0. The summed E-state index contributed by atoms with van der Waals surface area (Å²) >= 11 is 0. The number of benzene rings is 1. The molecule has 1 aliphatic rings. The highest BCUT2D eigenvalue weighted by atomic mass is 19.1. The third-order valence-electron chi connectivity index (χ3n) is 2.81. The Hall–Kier alpha value is -1.40. The maximum Gasteiger partial charge on any atom is 0.141 e. The molecule has 1 N–H and O–H groups in total. The molecule has 0 radical (unpaired) electrons. The van der Waals surface area contributed by atoms with Gasteiger partial charge in [-0.05, 0) is 37.0 Å². The number of rotatable bonds is 1. The van der Waals surface area contributed by atoms with Crippen LogP contribution in [0.3, 0.4) is 0 Å². The zero-order chi connectivity index (χ0) is 10.2. The van der Waals surface area contributed by atoms with Crippen molar-refractivity contribution in [2.75, 3.05) is 0 Å². The topological polar surface area (TPSA) is 44.0 Å². The van der Waals surface area contributed by atoms with Gasteiger partial charge in [0.2, 0.25) is 0 Å². The SMILES string of the molecule is N#Cc1ccc(C2(O)CCC2)cc1F. The largest absolute Gasteiger partial charge is 0.385 e. The highest BCUT2D eigenvalue weighted by molar-refractivity contribution is 5.36. The molecule has 2 rings (SSSR count). The summed E-state index contributed by atoms with van der Waals surface area (Å²) in [4.78, 5) is 0. The molecule has 0 atom stereocenters. The molecule has 0 aliphatic heterocycles. The summed E-state index contributed by atoms with van der Waals surface area (Å²) in [6.45, 7) is 0. The van der Waals surface area contributed by atoms with Crippen molar-refractivity contribution in [1.29, 1.82) is 5.26 Å². The lowest BCUT2D eigenvalue weighted by molar-refractivity contribution is -0.0390. The van der Waals surface area contributed by atoms with Crippen LogP contribution in [-0.2, 0) is 5.60 Å². The van der Waals surface area contributed by atoms with Gasteiger partial charge in [-0.15, -0.1) is 0 Å². The molecular weight excluding hydrogens is 181 g/mol. The maximum absolute atomic E-state index is 13.2. The Morgan fingerprint density at radius 1 is 1.43 bits per heavy atom. The van der Waals surface area contributed by atoms with E-state index in [1.54, 1.807) is 12.1 Å². The Kier molecular flexibility index (Phi) is 2.01. The van der Waals surface area contributed by atoms with Gasteiger partial charge in [-0.25, -0.2) is 4.39 Å². The van der Waals surface area contributed by atoms with E-state index in [4.69, 9.17) is 5.26 Å². The molecule has 1 aromatic carbocycles. The van der Waals surface area contributed by atoms with E-state index < -0.39 is 11.4 Å². The van der Waals surface area contributed by atoms with E-state index in [2.05, 4.69) is 0 Å². The van der Waals surface area contributed by atoms with Crippen LogP contribution in [0.4, 0.5) is 4.39 Å². The third kappa shape index (κ3) is 1.28. The normalized spacial score (nSPS) is 18.4. The van der Waals surface area contributed by atoms with Crippen LogP contribution in [0.2, 0.25) is 0 Å². The van der Waals surface area contributed by atoms with Crippen molar-refractivity contribution in [1.82, 2.24) is 0 Å².